The number of amides is 1. The summed E-state index contributed by atoms with van der Waals surface area (Å²) in [6.07, 6.45) is 4.68. The lowest BCUT2D eigenvalue weighted by Crippen LogP contribution is -2.46. The highest BCUT2D eigenvalue weighted by Gasteiger charge is 2.33. The molecule has 1 aromatic rings. The Balaban J connectivity index is 2.15. The van der Waals surface area contributed by atoms with Gasteiger partial charge in [-0.1, -0.05) is 38.8 Å². The van der Waals surface area contributed by atoms with Crippen molar-refractivity contribution >= 4 is 11.6 Å². The van der Waals surface area contributed by atoms with Crippen molar-refractivity contribution in [2.45, 2.75) is 52.5 Å². The van der Waals surface area contributed by atoms with E-state index in [1.54, 1.807) is 6.07 Å². The molecular formula is C16H24N2O. The molecule has 0 heterocycles. The summed E-state index contributed by atoms with van der Waals surface area (Å²) in [5.74, 6) is -0.0406. The van der Waals surface area contributed by atoms with Gasteiger partial charge in [-0.2, -0.15) is 0 Å². The van der Waals surface area contributed by atoms with Crippen LogP contribution in [0.3, 0.4) is 0 Å². The molecule has 1 amide bonds. The second kappa shape index (κ2) is 5.24. The highest BCUT2D eigenvalue weighted by molar-refractivity contribution is 5.99. The molecule has 104 valence electrons. The van der Waals surface area contributed by atoms with Crippen molar-refractivity contribution in [3.63, 3.8) is 0 Å². The smallest absolute Gasteiger partial charge is 0.253 e. The van der Waals surface area contributed by atoms with Gasteiger partial charge in [0.25, 0.3) is 5.91 Å². The third-order valence-electron chi connectivity index (χ3n) is 4.38. The number of nitrogens with one attached hydrogen (secondary N) is 1. The fraction of sp³-hybridized carbons (Fsp3) is 0.562. The van der Waals surface area contributed by atoms with Gasteiger partial charge in [-0.3, -0.25) is 4.79 Å². The Hall–Kier alpha value is -1.51. The molecule has 0 bridgehead atoms. The van der Waals surface area contributed by atoms with Crippen LogP contribution in [0.2, 0.25) is 0 Å². The lowest BCUT2D eigenvalue weighted by Gasteiger charge is -2.39. The average molecular weight is 260 g/mol. The molecule has 2 rings (SSSR count). The highest BCUT2D eigenvalue weighted by Crippen LogP contribution is 2.35. The molecule has 1 atom stereocenters. The van der Waals surface area contributed by atoms with E-state index in [2.05, 4.69) is 19.2 Å². The van der Waals surface area contributed by atoms with Crippen LogP contribution in [0.15, 0.2) is 18.2 Å². The first-order valence-corrected chi connectivity index (χ1v) is 7.08. The fourth-order valence-electron chi connectivity index (χ4n) is 2.88. The van der Waals surface area contributed by atoms with Crippen LogP contribution >= 0.6 is 0 Å². The molecule has 19 heavy (non-hydrogen) atoms. The van der Waals surface area contributed by atoms with Gasteiger partial charge in [-0.05, 0) is 36.8 Å². The number of anilines is 1. The van der Waals surface area contributed by atoms with Gasteiger partial charge in [0, 0.05) is 11.7 Å². The Morgan fingerprint density at radius 1 is 1.37 bits per heavy atom. The zero-order valence-electron chi connectivity index (χ0n) is 12.1. The minimum absolute atomic E-state index is 0.0406. The molecule has 1 unspecified atom stereocenters. The number of benzene rings is 1. The standard InChI is InChI=1S/C16H24N2O/c1-11-7-6-8-12(14(11)17)15(19)18-13-9-4-5-10-16(13,2)3/h6-8,13H,4-5,9-10,17H2,1-3H3,(H,18,19). The van der Waals surface area contributed by atoms with Crippen molar-refractivity contribution in [2.24, 2.45) is 5.41 Å². The largest absolute Gasteiger partial charge is 0.398 e. The van der Waals surface area contributed by atoms with E-state index >= 15 is 0 Å². The maximum absolute atomic E-state index is 12.4. The summed E-state index contributed by atoms with van der Waals surface area (Å²) in [5.41, 5.74) is 8.31. The first kappa shape index (κ1) is 13.9. The van der Waals surface area contributed by atoms with E-state index < -0.39 is 0 Å². The number of rotatable bonds is 2. The summed E-state index contributed by atoms with van der Waals surface area (Å²) in [7, 11) is 0. The summed E-state index contributed by atoms with van der Waals surface area (Å²) in [6, 6.07) is 5.85. The zero-order valence-corrected chi connectivity index (χ0v) is 12.1. The van der Waals surface area contributed by atoms with Crippen LogP contribution in [0.4, 0.5) is 5.69 Å². The summed E-state index contributed by atoms with van der Waals surface area (Å²) in [6.45, 7) is 6.39. The van der Waals surface area contributed by atoms with Crippen LogP contribution in [0.5, 0.6) is 0 Å². The highest BCUT2D eigenvalue weighted by atomic mass is 16.1. The summed E-state index contributed by atoms with van der Waals surface area (Å²) >= 11 is 0. The molecule has 3 nitrogen and oxygen atoms in total. The molecule has 0 aliphatic heterocycles. The van der Waals surface area contributed by atoms with Crippen LogP contribution < -0.4 is 11.1 Å². The van der Waals surface area contributed by atoms with Gasteiger partial charge in [0.1, 0.15) is 0 Å². The first-order valence-electron chi connectivity index (χ1n) is 7.08. The second-order valence-corrected chi connectivity index (χ2v) is 6.30. The van der Waals surface area contributed by atoms with E-state index in [9.17, 15) is 4.79 Å². The number of aryl methyl sites for hydroxylation is 1. The van der Waals surface area contributed by atoms with Gasteiger partial charge in [0.2, 0.25) is 0 Å². The zero-order chi connectivity index (χ0) is 14.0. The maximum atomic E-state index is 12.4. The van der Waals surface area contributed by atoms with Crippen molar-refractivity contribution < 1.29 is 4.79 Å². The predicted octanol–water partition coefficient (Wildman–Crippen LogP) is 3.28. The first-order chi connectivity index (χ1) is 8.92. The average Bonchev–Trinajstić information content (AvgIpc) is 2.35. The van der Waals surface area contributed by atoms with Crippen molar-refractivity contribution in [2.75, 3.05) is 5.73 Å². The SMILES string of the molecule is Cc1cccc(C(=O)NC2CCCCC2(C)C)c1N. The van der Waals surface area contributed by atoms with E-state index in [0.717, 1.165) is 12.0 Å². The second-order valence-electron chi connectivity index (χ2n) is 6.30. The lowest BCUT2D eigenvalue weighted by atomic mass is 9.73. The molecule has 0 saturated heterocycles. The van der Waals surface area contributed by atoms with Gasteiger partial charge >= 0.3 is 0 Å². The quantitative estimate of drug-likeness (QED) is 0.802. The number of para-hydroxylation sites is 1. The monoisotopic (exact) mass is 260 g/mol. The Kier molecular flexibility index (Phi) is 3.83. The lowest BCUT2D eigenvalue weighted by molar-refractivity contribution is 0.0854. The molecule has 3 N–H and O–H groups in total. The fourth-order valence-corrected chi connectivity index (χ4v) is 2.88. The number of hydrogen-bond acceptors (Lipinski definition) is 2. The third kappa shape index (κ3) is 2.91. The summed E-state index contributed by atoms with van der Waals surface area (Å²) in [5, 5.41) is 3.17. The summed E-state index contributed by atoms with van der Waals surface area (Å²) < 4.78 is 0. The van der Waals surface area contributed by atoms with Gasteiger partial charge in [-0.15, -0.1) is 0 Å². The van der Waals surface area contributed by atoms with Gasteiger partial charge in [-0.25, -0.2) is 0 Å². The van der Waals surface area contributed by atoms with Gasteiger partial charge in [0.15, 0.2) is 0 Å². The van der Waals surface area contributed by atoms with Crippen molar-refractivity contribution in [1.29, 1.82) is 0 Å². The molecule has 1 aliphatic carbocycles. The van der Waals surface area contributed by atoms with Gasteiger partial charge < -0.3 is 11.1 Å². The van der Waals surface area contributed by atoms with E-state index in [4.69, 9.17) is 5.73 Å². The minimum Gasteiger partial charge on any atom is -0.398 e. The van der Waals surface area contributed by atoms with Crippen molar-refractivity contribution in [3.8, 4) is 0 Å². The van der Waals surface area contributed by atoms with E-state index in [1.807, 2.05) is 19.1 Å². The van der Waals surface area contributed by atoms with E-state index in [-0.39, 0.29) is 17.4 Å². The normalized spacial score (nSPS) is 21.9. The number of nitrogen functional groups attached to an aromatic ring is 1. The number of nitrogens with two attached hydrogens (primary N) is 1. The molecule has 1 fully saturated rings. The van der Waals surface area contributed by atoms with Crippen LogP contribution in [0, 0.1) is 12.3 Å². The minimum atomic E-state index is -0.0406. The van der Waals surface area contributed by atoms with Gasteiger partial charge in [0.05, 0.1) is 5.56 Å². The Morgan fingerprint density at radius 3 is 2.79 bits per heavy atom. The number of carbonyl (C=O) groups is 1. The molecule has 0 radical (unpaired) electrons. The van der Waals surface area contributed by atoms with E-state index in [1.165, 1.54) is 19.3 Å². The molecule has 0 aromatic heterocycles. The Labute approximate surface area is 115 Å². The Morgan fingerprint density at radius 2 is 2.11 bits per heavy atom. The predicted molar refractivity (Wildman–Crippen MR) is 79.1 cm³/mol. The van der Waals surface area contributed by atoms with Crippen LogP contribution in [-0.2, 0) is 0 Å². The maximum Gasteiger partial charge on any atom is 0.253 e. The molecular weight excluding hydrogens is 236 g/mol. The molecule has 1 saturated carbocycles. The third-order valence-corrected chi connectivity index (χ3v) is 4.38. The number of carbonyl (C=O) groups excluding carboxylic acids is 1. The van der Waals surface area contributed by atoms with Crippen molar-refractivity contribution in [3.05, 3.63) is 29.3 Å². The topological polar surface area (TPSA) is 55.1 Å². The molecule has 1 aliphatic rings. The molecule has 3 heteroatoms. The molecule has 1 aromatic carbocycles. The van der Waals surface area contributed by atoms with E-state index in [0.29, 0.717) is 11.3 Å². The molecule has 0 spiro atoms. The van der Waals surface area contributed by atoms with Crippen molar-refractivity contribution in [1.82, 2.24) is 5.32 Å². The Bertz CT molecular complexity index is 480. The van der Waals surface area contributed by atoms with Crippen LogP contribution in [-0.4, -0.2) is 11.9 Å². The van der Waals surface area contributed by atoms with Crippen LogP contribution in [0.25, 0.3) is 0 Å². The number of hydrogen-bond donors (Lipinski definition) is 2. The van der Waals surface area contributed by atoms with Crippen LogP contribution in [0.1, 0.15) is 55.5 Å². The summed E-state index contributed by atoms with van der Waals surface area (Å²) in [4.78, 5) is 12.4.